The molecule has 1 unspecified atom stereocenters. The van der Waals surface area contributed by atoms with E-state index in [0.717, 1.165) is 18.2 Å². The van der Waals surface area contributed by atoms with Crippen LogP contribution < -0.4 is 16.0 Å². The Morgan fingerprint density at radius 2 is 1.67 bits per heavy atom. The minimum atomic E-state index is -1.03. The lowest BCUT2D eigenvalue weighted by atomic mass is 10.0. The van der Waals surface area contributed by atoms with E-state index in [1.165, 1.54) is 6.07 Å². The molecule has 2 aromatic rings. The average Bonchev–Trinajstić information content (AvgIpc) is 2.69. The highest BCUT2D eigenvalue weighted by Gasteiger charge is 2.27. The molecule has 30 heavy (non-hydrogen) atoms. The molecule has 0 aliphatic rings. The number of amides is 2. The second kappa shape index (κ2) is 10.3. The van der Waals surface area contributed by atoms with Crippen LogP contribution in [0.2, 0.25) is 0 Å². The molecule has 0 bridgehead atoms. The van der Waals surface area contributed by atoms with Crippen molar-refractivity contribution >= 4 is 23.2 Å². The zero-order valence-electron chi connectivity index (χ0n) is 16.4. The Kier molecular flexibility index (Phi) is 7.79. The monoisotopic (exact) mass is 420 g/mol. The predicted octanol–water partition coefficient (Wildman–Crippen LogP) is 2.86. The van der Waals surface area contributed by atoms with Gasteiger partial charge in [-0.2, -0.15) is 0 Å². The molecule has 3 N–H and O–H groups in total. The first-order chi connectivity index (χ1) is 14.2. The Morgan fingerprint density at radius 3 is 2.27 bits per heavy atom. The van der Waals surface area contributed by atoms with Crippen LogP contribution in [-0.2, 0) is 4.79 Å². The van der Waals surface area contributed by atoms with E-state index in [4.69, 9.17) is 0 Å². The summed E-state index contributed by atoms with van der Waals surface area (Å²) in [4.78, 5) is 35.2. The van der Waals surface area contributed by atoms with Gasteiger partial charge >= 0.3 is 0 Å². The summed E-state index contributed by atoms with van der Waals surface area (Å²) in [5.74, 6) is -3.97. The fourth-order valence-corrected chi connectivity index (χ4v) is 2.74. The van der Waals surface area contributed by atoms with E-state index < -0.39 is 40.0 Å². The molecular weight excluding hydrogens is 398 g/mol. The van der Waals surface area contributed by atoms with Crippen molar-refractivity contribution < 1.29 is 23.3 Å². The van der Waals surface area contributed by atoms with Crippen LogP contribution in [0.3, 0.4) is 0 Å². The molecule has 0 radical (unpaired) electrons. The number of nitro groups is 1. The van der Waals surface area contributed by atoms with Crippen molar-refractivity contribution in [3.63, 3.8) is 0 Å². The summed E-state index contributed by atoms with van der Waals surface area (Å²) in [5, 5.41) is 18.8. The largest absolute Gasteiger partial charge is 0.378 e. The first-order valence-corrected chi connectivity index (χ1v) is 9.22. The average molecular weight is 420 g/mol. The van der Waals surface area contributed by atoms with E-state index in [1.807, 2.05) is 0 Å². The molecule has 10 heteroatoms. The maximum Gasteiger partial charge on any atom is 0.292 e. The standard InChI is InChI=1S/C20H22F2N4O4/c1-12(2)18(25-19(27)17-13(21)6-5-7-14(17)22)20(28)24-11-10-23-15-8-3-4-9-16(15)26(29)30/h3-9,12,18,23H,10-11H2,1-2H3,(H,24,28)(H,25,27). The summed E-state index contributed by atoms with van der Waals surface area (Å²) in [5.41, 5.74) is -0.544. The molecule has 0 saturated carbocycles. The van der Waals surface area contributed by atoms with Crippen molar-refractivity contribution in [3.8, 4) is 0 Å². The van der Waals surface area contributed by atoms with E-state index >= 15 is 0 Å². The number of nitro benzene ring substituents is 1. The van der Waals surface area contributed by atoms with Crippen molar-refractivity contribution in [3.05, 3.63) is 69.8 Å². The lowest BCUT2D eigenvalue weighted by Crippen LogP contribution is -2.50. The number of para-hydroxylation sites is 2. The van der Waals surface area contributed by atoms with Gasteiger partial charge < -0.3 is 16.0 Å². The normalized spacial score (nSPS) is 11.6. The van der Waals surface area contributed by atoms with Crippen molar-refractivity contribution in [1.29, 1.82) is 0 Å². The molecule has 8 nitrogen and oxygen atoms in total. The Bertz CT molecular complexity index is 917. The quantitative estimate of drug-likeness (QED) is 0.328. The molecule has 2 aromatic carbocycles. The van der Waals surface area contributed by atoms with E-state index in [2.05, 4.69) is 16.0 Å². The van der Waals surface area contributed by atoms with Crippen molar-refractivity contribution in [2.24, 2.45) is 5.92 Å². The second-order valence-electron chi connectivity index (χ2n) is 6.78. The van der Waals surface area contributed by atoms with Gasteiger partial charge in [-0.05, 0) is 24.1 Å². The predicted molar refractivity (Wildman–Crippen MR) is 107 cm³/mol. The number of benzene rings is 2. The first-order valence-electron chi connectivity index (χ1n) is 9.22. The maximum atomic E-state index is 13.8. The Labute approximate surface area is 171 Å². The molecule has 0 saturated heterocycles. The first kappa shape index (κ1) is 22.7. The van der Waals surface area contributed by atoms with Crippen LogP contribution in [0.1, 0.15) is 24.2 Å². The van der Waals surface area contributed by atoms with Gasteiger partial charge in [-0.3, -0.25) is 19.7 Å². The number of hydrogen-bond donors (Lipinski definition) is 3. The number of carbonyl (C=O) groups excluding carboxylic acids is 2. The zero-order chi connectivity index (χ0) is 22.3. The molecule has 2 amide bonds. The van der Waals surface area contributed by atoms with Crippen LogP contribution in [0, 0.1) is 27.7 Å². The van der Waals surface area contributed by atoms with E-state index in [-0.39, 0.29) is 24.7 Å². The lowest BCUT2D eigenvalue weighted by Gasteiger charge is -2.22. The summed E-state index contributed by atoms with van der Waals surface area (Å²) in [6.07, 6.45) is 0. The van der Waals surface area contributed by atoms with Crippen molar-refractivity contribution in [2.45, 2.75) is 19.9 Å². The molecule has 0 heterocycles. The summed E-state index contributed by atoms with van der Waals surface area (Å²) in [6, 6.07) is 8.10. The molecule has 0 fully saturated rings. The molecule has 0 aliphatic heterocycles. The number of hydrogen-bond acceptors (Lipinski definition) is 5. The summed E-state index contributed by atoms with van der Waals surface area (Å²) in [6.45, 7) is 3.65. The van der Waals surface area contributed by atoms with Crippen molar-refractivity contribution in [2.75, 3.05) is 18.4 Å². The summed E-state index contributed by atoms with van der Waals surface area (Å²) in [7, 11) is 0. The molecule has 0 aliphatic carbocycles. The Morgan fingerprint density at radius 1 is 1.03 bits per heavy atom. The van der Waals surface area contributed by atoms with Gasteiger partial charge in [-0.15, -0.1) is 0 Å². The molecule has 0 spiro atoms. The third kappa shape index (κ3) is 5.72. The van der Waals surface area contributed by atoms with Gasteiger partial charge in [0.1, 0.15) is 28.9 Å². The van der Waals surface area contributed by atoms with Crippen molar-refractivity contribution in [1.82, 2.24) is 10.6 Å². The minimum Gasteiger partial charge on any atom is -0.378 e. The summed E-state index contributed by atoms with van der Waals surface area (Å²) < 4.78 is 27.6. The van der Waals surface area contributed by atoms with Crippen LogP contribution in [0.5, 0.6) is 0 Å². The molecule has 0 aromatic heterocycles. The minimum absolute atomic E-state index is 0.0944. The highest BCUT2D eigenvalue weighted by Crippen LogP contribution is 2.22. The third-order valence-corrected chi connectivity index (χ3v) is 4.27. The number of rotatable bonds is 9. The van der Waals surface area contributed by atoms with Crippen LogP contribution in [0.15, 0.2) is 42.5 Å². The van der Waals surface area contributed by atoms with Crippen LogP contribution in [0.25, 0.3) is 0 Å². The molecular formula is C20H22F2N4O4. The number of nitrogens with one attached hydrogen (secondary N) is 3. The van der Waals surface area contributed by atoms with Crippen LogP contribution in [-0.4, -0.2) is 35.9 Å². The fraction of sp³-hybridized carbons (Fsp3) is 0.300. The van der Waals surface area contributed by atoms with E-state index in [1.54, 1.807) is 32.0 Å². The van der Waals surface area contributed by atoms with E-state index in [0.29, 0.717) is 5.69 Å². The molecule has 1 atom stereocenters. The van der Waals surface area contributed by atoms with Gasteiger partial charge in [-0.1, -0.05) is 32.0 Å². The Hall–Kier alpha value is -3.56. The lowest BCUT2D eigenvalue weighted by molar-refractivity contribution is -0.384. The highest BCUT2D eigenvalue weighted by atomic mass is 19.1. The topological polar surface area (TPSA) is 113 Å². The number of nitrogens with zero attached hydrogens (tertiary/aromatic N) is 1. The zero-order valence-corrected chi connectivity index (χ0v) is 16.4. The summed E-state index contributed by atoms with van der Waals surface area (Å²) >= 11 is 0. The SMILES string of the molecule is CC(C)C(NC(=O)c1c(F)cccc1F)C(=O)NCCNc1ccccc1[N+](=O)[O-]. The van der Waals surface area contributed by atoms with Crippen LogP contribution >= 0.6 is 0 Å². The van der Waals surface area contributed by atoms with Gasteiger partial charge in [0.15, 0.2) is 0 Å². The number of anilines is 1. The third-order valence-electron chi connectivity index (χ3n) is 4.27. The van der Waals surface area contributed by atoms with E-state index in [9.17, 15) is 28.5 Å². The van der Waals surface area contributed by atoms with Gasteiger partial charge in [0.25, 0.3) is 11.6 Å². The van der Waals surface area contributed by atoms with Gasteiger partial charge in [0.2, 0.25) is 5.91 Å². The Balaban J connectivity index is 1.95. The van der Waals surface area contributed by atoms with Gasteiger partial charge in [0.05, 0.1) is 4.92 Å². The molecule has 160 valence electrons. The smallest absolute Gasteiger partial charge is 0.292 e. The number of halogens is 2. The van der Waals surface area contributed by atoms with Crippen LogP contribution in [0.4, 0.5) is 20.2 Å². The maximum absolute atomic E-state index is 13.8. The second-order valence-corrected chi connectivity index (χ2v) is 6.78. The van der Waals surface area contributed by atoms with Gasteiger partial charge in [0, 0.05) is 19.2 Å². The van der Waals surface area contributed by atoms with Gasteiger partial charge in [-0.25, -0.2) is 8.78 Å². The number of carbonyl (C=O) groups is 2. The highest BCUT2D eigenvalue weighted by molar-refractivity contribution is 5.98. The molecule has 2 rings (SSSR count). The fourth-order valence-electron chi connectivity index (χ4n) is 2.74.